The van der Waals surface area contributed by atoms with Gasteiger partial charge in [0.2, 0.25) is 0 Å². The predicted molar refractivity (Wildman–Crippen MR) is 101 cm³/mol. The number of aromatic nitrogens is 1. The van der Waals surface area contributed by atoms with Crippen molar-refractivity contribution in [1.82, 2.24) is 19.7 Å². The van der Waals surface area contributed by atoms with Crippen LogP contribution in [0.1, 0.15) is 23.3 Å². The normalized spacial score (nSPS) is 22.0. The molecule has 2 saturated heterocycles. The zero-order valence-electron chi connectivity index (χ0n) is 14.9. The first-order valence-electron chi connectivity index (χ1n) is 8.95. The molecule has 0 aliphatic carbocycles. The van der Waals surface area contributed by atoms with Gasteiger partial charge in [-0.2, -0.15) is 0 Å². The third-order valence-electron chi connectivity index (χ3n) is 6.01. The van der Waals surface area contributed by atoms with Crippen LogP contribution in [0.5, 0.6) is 0 Å². The van der Waals surface area contributed by atoms with Crippen LogP contribution < -0.4 is 0 Å². The summed E-state index contributed by atoms with van der Waals surface area (Å²) in [7, 11) is 4.42. The molecule has 2 aliphatic rings. The SMILES string of the molecule is CN1CCN(C)C2(CCN(C(=O)c3cc4c(Cl)cccc4[nH]3)CC2)C1. The molecule has 6 heteroatoms. The summed E-state index contributed by atoms with van der Waals surface area (Å²) in [5, 5.41) is 1.59. The summed E-state index contributed by atoms with van der Waals surface area (Å²) in [6, 6.07) is 7.59. The minimum atomic E-state index is 0.0777. The predicted octanol–water partition coefficient (Wildman–Crippen LogP) is 2.67. The highest BCUT2D eigenvalue weighted by Gasteiger charge is 2.42. The molecular formula is C19H25ClN4O. The van der Waals surface area contributed by atoms with E-state index < -0.39 is 0 Å². The zero-order chi connectivity index (χ0) is 17.6. The van der Waals surface area contributed by atoms with Crippen LogP contribution in [0.3, 0.4) is 0 Å². The average Bonchev–Trinajstić information content (AvgIpc) is 3.04. The highest BCUT2D eigenvalue weighted by atomic mass is 35.5. The highest BCUT2D eigenvalue weighted by molar-refractivity contribution is 6.35. The number of hydrogen-bond donors (Lipinski definition) is 1. The quantitative estimate of drug-likeness (QED) is 0.850. The molecule has 4 rings (SSSR count). The monoisotopic (exact) mass is 360 g/mol. The molecule has 3 heterocycles. The van der Waals surface area contributed by atoms with Crippen LogP contribution in [-0.2, 0) is 0 Å². The van der Waals surface area contributed by atoms with Gasteiger partial charge in [-0.05, 0) is 45.1 Å². The van der Waals surface area contributed by atoms with E-state index in [2.05, 4.69) is 28.9 Å². The van der Waals surface area contributed by atoms with Crippen LogP contribution in [-0.4, -0.2) is 77.9 Å². The van der Waals surface area contributed by atoms with Crippen molar-refractivity contribution in [3.8, 4) is 0 Å². The molecule has 134 valence electrons. The number of piperidine rings is 1. The highest BCUT2D eigenvalue weighted by Crippen LogP contribution is 2.32. The van der Waals surface area contributed by atoms with E-state index in [9.17, 15) is 4.79 Å². The Morgan fingerprint density at radius 1 is 1.16 bits per heavy atom. The van der Waals surface area contributed by atoms with Gasteiger partial charge < -0.3 is 14.8 Å². The van der Waals surface area contributed by atoms with E-state index in [1.807, 2.05) is 29.2 Å². The van der Waals surface area contributed by atoms with Crippen molar-refractivity contribution < 1.29 is 4.79 Å². The number of nitrogens with one attached hydrogen (secondary N) is 1. The zero-order valence-corrected chi connectivity index (χ0v) is 15.6. The number of carbonyl (C=O) groups excluding carboxylic acids is 1. The number of piperazine rings is 1. The fourth-order valence-electron chi connectivity index (χ4n) is 4.33. The van der Waals surface area contributed by atoms with Crippen LogP contribution in [0.2, 0.25) is 5.02 Å². The maximum absolute atomic E-state index is 12.9. The van der Waals surface area contributed by atoms with Crippen molar-refractivity contribution in [2.45, 2.75) is 18.4 Å². The molecule has 2 fully saturated rings. The third kappa shape index (κ3) is 2.94. The molecule has 1 amide bonds. The van der Waals surface area contributed by atoms with Gasteiger partial charge in [0.15, 0.2) is 0 Å². The van der Waals surface area contributed by atoms with Gasteiger partial charge in [0.1, 0.15) is 5.69 Å². The molecule has 0 saturated carbocycles. The molecule has 2 aliphatic heterocycles. The molecule has 0 unspecified atom stereocenters. The summed E-state index contributed by atoms with van der Waals surface area (Å²) in [5.41, 5.74) is 1.76. The van der Waals surface area contributed by atoms with Gasteiger partial charge in [0, 0.05) is 54.2 Å². The number of fused-ring (bicyclic) bond motifs is 1. The van der Waals surface area contributed by atoms with Crippen molar-refractivity contribution in [2.24, 2.45) is 0 Å². The molecule has 1 aromatic carbocycles. The number of hydrogen-bond acceptors (Lipinski definition) is 3. The van der Waals surface area contributed by atoms with E-state index >= 15 is 0 Å². The molecule has 1 spiro atoms. The standard InChI is InChI=1S/C19H25ClN4O/c1-22-10-11-23(2)19(13-22)6-8-24(9-7-19)18(25)17-12-14-15(20)4-3-5-16(14)21-17/h3-5,12,21H,6-11,13H2,1-2H3. The fourth-order valence-corrected chi connectivity index (χ4v) is 4.56. The van der Waals surface area contributed by atoms with Crippen molar-refractivity contribution in [3.05, 3.63) is 35.0 Å². The Bertz CT molecular complexity index is 794. The summed E-state index contributed by atoms with van der Waals surface area (Å²) in [4.78, 5) is 23.0. The molecule has 5 nitrogen and oxygen atoms in total. The van der Waals surface area contributed by atoms with E-state index in [0.29, 0.717) is 10.7 Å². The van der Waals surface area contributed by atoms with Crippen LogP contribution >= 0.6 is 11.6 Å². The third-order valence-corrected chi connectivity index (χ3v) is 6.34. The lowest BCUT2D eigenvalue weighted by Crippen LogP contribution is -2.64. The number of benzene rings is 1. The largest absolute Gasteiger partial charge is 0.350 e. The van der Waals surface area contributed by atoms with E-state index in [4.69, 9.17) is 11.6 Å². The number of halogens is 1. The first-order valence-corrected chi connectivity index (χ1v) is 9.33. The van der Waals surface area contributed by atoms with Gasteiger partial charge in [-0.3, -0.25) is 9.69 Å². The minimum absolute atomic E-state index is 0.0777. The number of likely N-dealkylation sites (N-methyl/N-ethyl adjacent to an activating group) is 2. The Kier molecular flexibility index (Phi) is 4.26. The summed E-state index contributed by atoms with van der Waals surface area (Å²) in [6.45, 7) is 4.93. The summed E-state index contributed by atoms with van der Waals surface area (Å²) >= 11 is 6.23. The number of carbonyl (C=O) groups is 1. The molecule has 25 heavy (non-hydrogen) atoms. The van der Waals surface area contributed by atoms with Gasteiger partial charge in [-0.25, -0.2) is 0 Å². The lowest BCUT2D eigenvalue weighted by Gasteiger charge is -2.52. The number of rotatable bonds is 1. The Morgan fingerprint density at radius 2 is 1.92 bits per heavy atom. The van der Waals surface area contributed by atoms with Gasteiger partial charge in [-0.1, -0.05) is 17.7 Å². The van der Waals surface area contributed by atoms with Crippen LogP contribution in [0.4, 0.5) is 0 Å². The van der Waals surface area contributed by atoms with E-state index in [-0.39, 0.29) is 11.4 Å². The fraction of sp³-hybridized carbons (Fsp3) is 0.526. The maximum atomic E-state index is 12.9. The van der Waals surface area contributed by atoms with Crippen molar-refractivity contribution in [1.29, 1.82) is 0 Å². The van der Waals surface area contributed by atoms with Gasteiger partial charge >= 0.3 is 0 Å². The number of likely N-dealkylation sites (tertiary alicyclic amines) is 1. The molecule has 2 aromatic rings. The van der Waals surface area contributed by atoms with Gasteiger partial charge in [0.05, 0.1) is 0 Å². The molecule has 0 bridgehead atoms. The molecule has 1 N–H and O–H groups in total. The average molecular weight is 361 g/mol. The summed E-state index contributed by atoms with van der Waals surface area (Å²) < 4.78 is 0. The van der Waals surface area contributed by atoms with E-state index in [1.165, 1.54) is 0 Å². The number of aromatic amines is 1. The number of H-pyrrole nitrogens is 1. The lowest BCUT2D eigenvalue weighted by atomic mass is 9.84. The Balaban J connectivity index is 1.50. The maximum Gasteiger partial charge on any atom is 0.270 e. The first kappa shape index (κ1) is 16.9. The van der Waals surface area contributed by atoms with Crippen LogP contribution in [0, 0.1) is 0 Å². The molecular weight excluding hydrogens is 336 g/mol. The van der Waals surface area contributed by atoms with Gasteiger partial charge in [-0.15, -0.1) is 0 Å². The van der Waals surface area contributed by atoms with Crippen molar-refractivity contribution >= 4 is 28.4 Å². The lowest BCUT2D eigenvalue weighted by molar-refractivity contribution is -0.0158. The second-order valence-corrected chi connectivity index (χ2v) is 7.97. The topological polar surface area (TPSA) is 42.6 Å². The Hall–Kier alpha value is -1.56. The van der Waals surface area contributed by atoms with Crippen molar-refractivity contribution in [2.75, 3.05) is 46.8 Å². The second kappa shape index (κ2) is 6.31. The molecule has 0 atom stereocenters. The smallest absolute Gasteiger partial charge is 0.270 e. The van der Waals surface area contributed by atoms with Gasteiger partial charge in [0.25, 0.3) is 5.91 Å². The Morgan fingerprint density at radius 3 is 2.64 bits per heavy atom. The van der Waals surface area contributed by atoms with Crippen LogP contribution in [0.15, 0.2) is 24.3 Å². The second-order valence-electron chi connectivity index (χ2n) is 7.56. The summed E-state index contributed by atoms with van der Waals surface area (Å²) in [5.74, 6) is 0.0777. The van der Waals surface area contributed by atoms with Crippen molar-refractivity contribution in [3.63, 3.8) is 0 Å². The van der Waals surface area contributed by atoms with Crippen LogP contribution in [0.25, 0.3) is 10.9 Å². The number of nitrogens with zero attached hydrogens (tertiary/aromatic N) is 3. The molecule has 1 aromatic heterocycles. The first-order chi connectivity index (χ1) is 12.0. The minimum Gasteiger partial charge on any atom is -0.350 e. The molecule has 0 radical (unpaired) electrons. The Labute approximate surface area is 153 Å². The number of amides is 1. The summed E-state index contributed by atoms with van der Waals surface area (Å²) in [6.07, 6.45) is 2.06. The van der Waals surface area contributed by atoms with E-state index in [1.54, 1.807) is 0 Å². The van der Waals surface area contributed by atoms with E-state index in [0.717, 1.165) is 56.5 Å².